The molecule has 0 saturated carbocycles. The molecule has 0 aliphatic heterocycles. The third-order valence-electron chi connectivity index (χ3n) is 3.61. The van der Waals surface area contributed by atoms with Crippen molar-refractivity contribution >= 4 is 0 Å². The smallest absolute Gasteiger partial charge is 0.112 e. The Balaban J connectivity index is 2.41. The van der Waals surface area contributed by atoms with Crippen LogP contribution in [-0.4, -0.2) is 5.11 Å². The van der Waals surface area contributed by atoms with Gasteiger partial charge in [-0.1, -0.05) is 67.4 Å². The van der Waals surface area contributed by atoms with E-state index in [0.29, 0.717) is 0 Å². The van der Waals surface area contributed by atoms with Crippen LogP contribution in [-0.2, 0) is 12.0 Å². The SMILES string of the molecule is CCCc1cccc(C(C)(O)c2cccc(C)c2)c1. The maximum atomic E-state index is 10.9. The second-order valence-electron chi connectivity index (χ2n) is 5.39. The molecule has 0 heterocycles. The van der Waals surface area contributed by atoms with Crippen LogP contribution in [0, 0.1) is 6.92 Å². The van der Waals surface area contributed by atoms with Gasteiger partial charge < -0.3 is 5.11 Å². The van der Waals surface area contributed by atoms with E-state index in [1.807, 2.05) is 50.2 Å². The zero-order chi connectivity index (χ0) is 13.9. The van der Waals surface area contributed by atoms with Crippen LogP contribution >= 0.6 is 0 Å². The number of aryl methyl sites for hydroxylation is 2. The molecule has 0 aromatic heterocycles. The average molecular weight is 254 g/mol. The predicted octanol–water partition coefficient (Wildman–Crippen LogP) is 4.20. The largest absolute Gasteiger partial charge is 0.381 e. The molecule has 100 valence electrons. The molecule has 2 aromatic carbocycles. The first-order chi connectivity index (χ1) is 9.04. The molecule has 1 heteroatoms. The first kappa shape index (κ1) is 13.8. The van der Waals surface area contributed by atoms with Crippen LogP contribution in [0.15, 0.2) is 48.5 Å². The van der Waals surface area contributed by atoms with Crippen molar-refractivity contribution in [2.45, 2.75) is 39.2 Å². The van der Waals surface area contributed by atoms with Gasteiger partial charge in [0, 0.05) is 0 Å². The van der Waals surface area contributed by atoms with Crippen LogP contribution in [0.25, 0.3) is 0 Å². The van der Waals surface area contributed by atoms with E-state index in [4.69, 9.17) is 0 Å². The number of hydrogen-bond donors (Lipinski definition) is 1. The average Bonchev–Trinajstić information content (AvgIpc) is 2.39. The standard InChI is InChI=1S/C18H22O/c1-4-7-15-9-6-11-17(13-15)18(3,19)16-10-5-8-14(2)12-16/h5-6,8-13,19H,4,7H2,1-3H3. The molecule has 2 aromatic rings. The first-order valence-corrected chi connectivity index (χ1v) is 6.93. The summed E-state index contributed by atoms with van der Waals surface area (Å²) in [6.45, 7) is 6.09. The molecule has 1 atom stereocenters. The van der Waals surface area contributed by atoms with E-state index in [2.05, 4.69) is 19.1 Å². The maximum Gasteiger partial charge on any atom is 0.112 e. The van der Waals surface area contributed by atoms with Gasteiger partial charge in [0.2, 0.25) is 0 Å². The Bertz CT molecular complexity index is 555. The Morgan fingerprint density at radius 2 is 1.63 bits per heavy atom. The highest BCUT2D eigenvalue weighted by molar-refractivity contribution is 5.38. The van der Waals surface area contributed by atoms with E-state index in [9.17, 15) is 5.11 Å². The quantitative estimate of drug-likeness (QED) is 0.866. The molecule has 1 N–H and O–H groups in total. The van der Waals surface area contributed by atoms with Crippen LogP contribution in [0.2, 0.25) is 0 Å². The minimum Gasteiger partial charge on any atom is -0.381 e. The van der Waals surface area contributed by atoms with Crippen molar-refractivity contribution in [3.8, 4) is 0 Å². The van der Waals surface area contributed by atoms with Gasteiger partial charge in [-0.25, -0.2) is 0 Å². The summed E-state index contributed by atoms with van der Waals surface area (Å²) in [5.41, 5.74) is 3.43. The van der Waals surface area contributed by atoms with Crippen LogP contribution in [0.4, 0.5) is 0 Å². The number of aliphatic hydroxyl groups is 1. The van der Waals surface area contributed by atoms with E-state index in [1.54, 1.807) is 0 Å². The maximum absolute atomic E-state index is 10.9. The summed E-state index contributed by atoms with van der Waals surface area (Å²) in [4.78, 5) is 0. The highest BCUT2D eigenvalue weighted by atomic mass is 16.3. The summed E-state index contributed by atoms with van der Waals surface area (Å²) >= 11 is 0. The monoisotopic (exact) mass is 254 g/mol. The van der Waals surface area contributed by atoms with Crippen LogP contribution < -0.4 is 0 Å². The van der Waals surface area contributed by atoms with Crippen molar-refractivity contribution in [3.05, 3.63) is 70.8 Å². The lowest BCUT2D eigenvalue weighted by Gasteiger charge is -2.25. The van der Waals surface area contributed by atoms with Gasteiger partial charge >= 0.3 is 0 Å². The van der Waals surface area contributed by atoms with Gasteiger partial charge in [-0.05, 0) is 37.0 Å². The molecule has 1 nitrogen and oxygen atoms in total. The minimum atomic E-state index is -0.935. The molecule has 0 aliphatic rings. The van der Waals surface area contributed by atoms with Gasteiger partial charge in [-0.2, -0.15) is 0 Å². The fourth-order valence-electron chi connectivity index (χ4n) is 2.43. The third-order valence-corrected chi connectivity index (χ3v) is 3.61. The lowest BCUT2D eigenvalue weighted by atomic mass is 9.86. The Labute approximate surface area is 115 Å². The zero-order valence-electron chi connectivity index (χ0n) is 12.0. The topological polar surface area (TPSA) is 20.2 Å². The Morgan fingerprint density at radius 1 is 1.00 bits per heavy atom. The van der Waals surface area contributed by atoms with Gasteiger partial charge in [0.15, 0.2) is 0 Å². The highest BCUT2D eigenvalue weighted by Gasteiger charge is 2.25. The highest BCUT2D eigenvalue weighted by Crippen LogP contribution is 2.30. The molecule has 0 radical (unpaired) electrons. The van der Waals surface area contributed by atoms with Crippen LogP contribution in [0.1, 0.15) is 42.5 Å². The fraction of sp³-hybridized carbons (Fsp3) is 0.333. The predicted molar refractivity (Wildman–Crippen MR) is 80.3 cm³/mol. The molecule has 0 saturated heterocycles. The molecule has 19 heavy (non-hydrogen) atoms. The van der Waals surface area contributed by atoms with Crippen molar-refractivity contribution in [2.24, 2.45) is 0 Å². The van der Waals surface area contributed by atoms with Crippen molar-refractivity contribution in [1.82, 2.24) is 0 Å². The van der Waals surface area contributed by atoms with E-state index < -0.39 is 5.60 Å². The summed E-state index contributed by atoms with van der Waals surface area (Å²) in [5, 5.41) is 10.9. The van der Waals surface area contributed by atoms with E-state index in [-0.39, 0.29) is 0 Å². The van der Waals surface area contributed by atoms with E-state index in [1.165, 1.54) is 11.1 Å². The fourth-order valence-corrected chi connectivity index (χ4v) is 2.43. The Kier molecular flexibility index (Phi) is 4.06. The number of hydrogen-bond acceptors (Lipinski definition) is 1. The van der Waals surface area contributed by atoms with Gasteiger partial charge in [0.1, 0.15) is 5.60 Å². The molecular weight excluding hydrogens is 232 g/mol. The molecule has 0 amide bonds. The lowest BCUT2D eigenvalue weighted by Crippen LogP contribution is -2.23. The molecule has 0 aliphatic carbocycles. The van der Waals surface area contributed by atoms with E-state index in [0.717, 1.165) is 24.0 Å². The van der Waals surface area contributed by atoms with Gasteiger partial charge in [0.05, 0.1) is 0 Å². The van der Waals surface area contributed by atoms with Crippen LogP contribution in [0.3, 0.4) is 0 Å². The van der Waals surface area contributed by atoms with Gasteiger partial charge in [-0.3, -0.25) is 0 Å². The molecule has 0 bridgehead atoms. The lowest BCUT2D eigenvalue weighted by molar-refractivity contribution is 0.102. The molecule has 0 spiro atoms. The third kappa shape index (κ3) is 3.05. The first-order valence-electron chi connectivity index (χ1n) is 6.93. The van der Waals surface area contributed by atoms with Gasteiger partial charge in [0.25, 0.3) is 0 Å². The summed E-state index contributed by atoms with van der Waals surface area (Å²) in [5.74, 6) is 0. The zero-order valence-corrected chi connectivity index (χ0v) is 12.0. The second-order valence-corrected chi connectivity index (χ2v) is 5.39. The molecular formula is C18H22O. The number of benzene rings is 2. The van der Waals surface area contributed by atoms with Crippen molar-refractivity contribution in [1.29, 1.82) is 0 Å². The van der Waals surface area contributed by atoms with Crippen molar-refractivity contribution in [3.63, 3.8) is 0 Å². The van der Waals surface area contributed by atoms with Gasteiger partial charge in [-0.15, -0.1) is 0 Å². The van der Waals surface area contributed by atoms with Crippen molar-refractivity contribution < 1.29 is 5.11 Å². The Morgan fingerprint density at radius 3 is 2.26 bits per heavy atom. The van der Waals surface area contributed by atoms with Crippen LogP contribution in [0.5, 0.6) is 0 Å². The van der Waals surface area contributed by atoms with E-state index >= 15 is 0 Å². The Hall–Kier alpha value is -1.60. The normalized spacial score (nSPS) is 14.1. The molecule has 0 fully saturated rings. The molecule has 2 rings (SSSR count). The summed E-state index contributed by atoms with van der Waals surface area (Å²) in [6.07, 6.45) is 2.17. The second kappa shape index (κ2) is 5.58. The summed E-state index contributed by atoms with van der Waals surface area (Å²) < 4.78 is 0. The molecule has 1 unspecified atom stereocenters. The summed E-state index contributed by atoms with van der Waals surface area (Å²) in [6, 6.07) is 16.4. The van der Waals surface area contributed by atoms with Crippen molar-refractivity contribution in [2.75, 3.05) is 0 Å². The summed E-state index contributed by atoms with van der Waals surface area (Å²) in [7, 11) is 0. The minimum absolute atomic E-state index is 0.935. The number of rotatable bonds is 4.